The Labute approximate surface area is 177 Å². The van der Waals surface area contributed by atoms with Crippen LogP contribution in [0, 0.1) is 0 Å². The van der Waals surface area contributed by atoms with Crippen LogP contribution >= 0.6 is 0 Å². The minimum atomic E-state index is -0.0988. The van der Waals surface area contributed by atoms with Gasteiger partial charge in [-0.25, -0.2) is 4.79 Å². The molecule has 0 aliphatic heterocycles. The van der Waals surface area contributed by atoms with Crippen molar-refractivity contribution in [3.8, 4) is 11.6 Å². The molecular weight excluding hydrogens is 376 g/mol. The number of methoxy groups -OCH3 is 1. The third kappa shape index (κ3) is 4.30. The van der Waals surface area contributed by atoms with Crippen LogP contribution in [0.3, 0.4) is 0 Å². The lowest BCUT2D eigenvalue weighted by Crippen LogP contribution is -2.29. The molecular formula is C25H30N2O3. The van der Waals surface area contributed by atoms with E-state index in [4.69, 9.17) is 4.74 Å². The molecule has 1 N–H and O–H groups in total. The zero-order chi connectivity index (χ0) is 20.9. The number of rotatable bonds is 7. The molecule has 4 rings (SSSR count). The average molecular weight is 407 g/mol. The fourth-order valence-corrected chi connectivity index (χ4v) is 4.49. The molecule has 0 radical (unpaired) electrons. The molecule has 0 atom stereocenters. The molecule has 2 aromatic carbocycles. The van der Waals surface area contributed by atoms with Crippen LogP contribution in [0.5, 0.6) is 11.6 Å². The number of imidazole rings is 1. The van der Waals surface area contributed by atoms with E-state index in [1.165, 1.54) is 12.0 Å². The monoisotopic (exact) mass is 406 g/mol. The van der Waals surface area contributed by atoms with E-state index in [2.05, 4.69) is 12.1 Å². The van der Waals surface area contributed by atoms with E-state index in [0.717, 1.165) is 49.1 Å². The highest BCUT2D eigenvalue weighted by molar-refractivity contribution is 5.30. The Bertz CT molecular complexity index is 1010. The van der Waals surface area contributed by atoms with Crippen LogP contribution in [-0.4, -0.2) is 21.4 Å². The Hall–Kier alpha value is -2.95. The lowest BCUT2D eigenvalue weighted by molar-refractivity contribution is 0.306. The zero-order valence-corrected chi connectivity index (χ0v) is 17.6. The van der Waals surface area contributed by atoms with Gasteiger partial charge in [-0.1, -0.05) is 61.7 Å². The number of ether oxygens (including phenoxy) is 1. The van der Waals surface area contributed by atoms with Gasteiger partial charge in [0.1, 0.15) is 5.75 Å². The summed E-state index contributed by atoms with van der Waals surface area (Å²) in [5, 5.41) is 11.1. The molecule has 1 fully saturated rings. The van der Waals surface area contributed by atoms with E-state index < -0.39 is 0 Å². The van der Waals surface area contributed by atoms with E-state index in [1.807, 2.05) is 42.5 Å². The van der Waals surface area contributed by atoms with Crippen molar-refractivity contribution < 1.29 is 9.84 Å². The molecule has 1 aliphatic rings. The average Bonchev–Trinajstić information content (AvgIpc) is 3.03. The van der Waals surface area contributed by atoms with Crippen molar-refractivity contribution >= 4 is 0 Å². The van der Waals surface area contributed by atoms with Crippen molar-refractivity contribution in [1.29, 1.82) is 0 Å². The van der Waals surface area contributed by atoms with Gasteiger partial charge >= 0.3 is 5.69 Å². The Morgan fingerprint density at radius 1 is 0.933 bits per heavy atom. The van der Waals surface area contributed by atoms with Gasteiger partial charge in [-0.05, 0) is 48.9 Å². The first kappa shape index (κ1) is 20.3. The van der Waals surface area contributed by atoms with Gasteiger partial charge in [0.15, 0.2) is 0 Å². The van der Waals surface area contributed by atoms with Crippen LogP contribution in [0.15, 0.2) is 59.4 Å². The molecule has 1 aliphatic carbocycles. The van der Waals surface area contributed by atoms with Crippen molar-refractivity contribution in [3.63, 3.8) is 0 Å². The van der Waals surface area contributed by atoms with E-state index in [-0.39, 0.29) is 17.6 Å². The normalized spacial score (nSPS) is 14.7. The Morgan fingerprint density at radius 3 is 2.30 bits per heavy atom. The second kappa shape index (κ2) is 9.24. The number of hydrogen-bond acceptors (Lipinski definition) is 3. The van der Waals surface area contributed by atoms with Crippen molar-refractivity contribution in [2.75, 3.05) is 7.11 Å². The predicted molar refractivity (Wildman–Crippen MR) is 118 cm³/mol. The molecule has 5 nitrogen and oxygen atoms in total. The van der Waals surface area contributed by atoms with Gasteiger partial charge in [-0.2, -0.15) is 0 Å². The molecule has 158 valence electrons. The predicted octanol–water partition coefficient (Wildman–Crippen LogP) is 4.70. The topological polar surface area (TPSA) is 56.4 Å². The van der Waals surface area contributed by atoms with Crippen molar-refractivity contribution in [2.24, 2.45) is 0 Å². The maximum atomic E-state index is 13.4. The second-order valence-corrected chi connectivity index (χ2v) is 8.13. The van der Waals surface area contributed by atoms with Crippen LogP contribution in [0.1, 0.15) is 55.0 Å². The number of benzene rings is 2. The Morgan fingerprint density at radius 2 is 1.63 bits per heavy atom. The lowest BCUT2D eigenvalue weighted by atomic mass is 9.95. The molecule has 1 heterocycles. The number of aromatic nitrogens is 2. The Kier molecular flexibility index (Phi) is 6.26. The molecule has 1 saturated carbocycles. The molecule has 1 aromatic heterocycles. The van der Waals surface area contributed by atoms with Crippen LogP contribution in [0.2, 0.25) is 0 Å². The molecule has 0 bridgehead atoms. The van der Waals surface area contributed by atoms with Crippen molar-refractivity contribution in [3.05, 3.63) is 81.9 Å². The smallest absolute Gasteiger partial charge is 0.331 e. The summed E-state index contributed by atoms with van der Waals surface area (Å²) < 4.78 is 8.66. The fourth-order valence-electron chi connectivity index (χ4n) is 4.49. The summed E-state index contributed by atoms with van der Waals surface area (Å²) in [6.45, 7) is 0.445. The van der Waals surface area contributed by atoms with Gasteiger partial charge in [0.05, 0.1) is 19.3 Å². The third-order valence-electron chi connectivity index (χ3n) is 6.18. The van der Waals surface area contributed by atoms with Gasteiger partial charge in [-0.15, -0.1) is 0 Å². The van der Waals surface area contributed by atoms with E-state index in [9.17, 15) is 9.90 Å². The van der Waals surface area contributed by atoms with E-state index in [0.29, 0.717) is 13.0 Å². The minimum Gasteiger partial charge on any atom is -0.497 e. The molecule has 0 amide bonds. The van der Waals surface area contributed by atoms with Crippen LogP contribution in [0.4, 0.5) is 0 Å². The maximum absolute atomic E-state index is 13.4. The van der Waals surface area contributed by atoms with Gasteiger partial charge in [0, 0.05) is 6.04 Å². The number of hydrogen-bond donors (Lipinski definition) is 1. The summed E-state index contributed by atoms with van der Waals surface area (Å²) in [7, 11) is 1.64. The summed E-state index contributed by atoms with van der Waals surface area (Å²) in [4.78, 5) is 13.4. The SMILES string of the molecule is COc1ccc(Cn2c(CCc3ccccc3)c(O)n(C3CCCCC3)c2=O)cc1. The molecule has 0 unspecified atom stereocenters. The van der Waals surface area contributed by atoms with Gasteiger partial charge in [0.25, 0.3) is 0 Å². The molecule has 30 heavy (non-hydrogen) atoms. The van der Waals surface area contributed by atoms with Crippen LogP contribution in [0.25, 0.3) is 0 Å². The first-order valence-corrected chi connectivity index (χ1v) is 10.9. The second-order valence-electron chi connectivity index (χ2n) is 8.13. The summed E-state index contributed by atoms with van der Waals surface area (Å²) in [6, 6.07) is 18.1. The van der Waals surface area contributed by atoms with Crippen molar-refractivity contribution in [1.82, 2.24) is 9.13 Å². The highest BCUT2D eigenvalue weighted by Crippen LogP contribution is 2.32. The van der Waals surface area contributed by atoms with Gasteiger partial charge in [-0.3, -0.25) is 9.13 Å². The zero-order valence-electron chi connectivity index (χ0n) is 17.6. The van der Waals surface area contributed by atoms with Gasteiger partial charge < -0.3 is 9.84 Å². The maximum Gasteiger partial charge on any atom is 0.331 e. The summed E-state index contributed by atoms with van der Waals surface area (Å²) in [6.07, 6.45) is 6.75. The van der Waals surface area contributed by atoms with E-state index in [1.54, 1.807) is 16.2 Å². The van der Waals surface area contributed by atoms with Gasteiger partial charge in [0.2, 0.25) is 5.88 Å². The molecule has 5 heteroatoms. The summed E-state index contributed by atoms with van der Waals surface area (Å²) in [5.74, 6) is 0.939. The Balaban J connectivity index is 1.68. The first-order valence-electron chi connectivity index (χ1n) is 10.9. The van der Waals surface area contributed by atoms with Crippen LogP contribution in [-0.2, 0) is 19.4 Å². The highest BCUT2D eigenvalue weighted by Gasteiger charge is 2.26. The number of aromatic hydroxyl groups is 1. The minimum absolute atomic E-state index is 0.0962. The first-order chi connectivity index (χ1) is 14.7. The van der Waals surface area contributed by atoms with E-state index >= 15 is 0 Å². The van der Waals surface area contributed by atoms with Crippen LogP contribution < -0.4 is 10.4 Å². The third-order valence-corrected chi connectivity index (χ3v) is 6.18. The number of aryl methyl sites for hydroxylation is 1. The molecule has 0 spiro atoms. The standard InChI is InChI=1S/C25H30N2O3/c1-30-22-15-12-20(13-16-22)18-26-23(17-14-19-8-4-2-5-9-19)24(28)27(25(26)29)21-10-6-3-7-11-21/h2,4-5,8-9,12-13,15-16,21,28H,3,6-7,10-11,14,17-18H2,1H3. The number of nitrogens with zero attached hydrogens (tertiary/aromatic N) is 2. The van der Waals surface area contributed by atoms with Crippen molar-refractivity contribution in [2.45, 2.75) is 57.5 Å². The summed E-state index contributed by atoms with van der Waals surface area (Å²) >= 11 is 0. The quantitative estimate of drug-likeness (QED) is 0.619. The highest BCUT2D eigenvalue weighted by atomic mass is 16.5. The largest absolute Gasteiger partial charge is 0.497 e. The molecule has 3 aromatic rings. The fraction of sp³-hybridized carbons (Fsp3) is 0.400. The lowest BCUT2D eigenvalue weighted by Gasteiger charge is -2.22. The summed E-state index contributed by atoms with van der Waals surface area (Å²) in [5.41, 5.74) is 2.84. The molecule has 0 saturated heterocycles.